The van der Waals surface area contributed by atoms with Crippen LogP contribution in [0.2, 0.25) is 0 Å². The van der Waals surface area contributed by atoms with E-state index in [9.17, 15) is 4.79 Å². The summed E-state index contributed by atoms with van der Waals surface area (Å²) in [5.41, 5.74) is 6.71. The lowest BCUT2D eigenvalue weighted by atomic mass is 10.1. The van der Waals surface area contributed by atoms with Crippen molar-refractivity contribution in [2.75, 3.05) is 11.4 Å². The number of carbonyl (C=O) groups is 1. The van der Waals surface area contributed by atoms with Gasteiger partial charge in [-0.3, -0.25) is 4.79 Å². The zero-order chi connectivity index (χ0) is 15.8. The molecule has 1 amide bonds. The number of hydrogen-bond donors (Lipinski definition) is 1. The van der Waals surface area contributed by atoms with E-state index < -0.39 is 0 Å². The van der Waals surface area contributed by atoms with E-state index in [0.29, 0.717) is 0 Å². The van der Waals surface area contributed by atoms with Crippen molar-refractivity contribution in [3.8, 4) is 10.4 Å². The van der Waals surface area contributed by atoms with Gasteiger partial charge in [0.25, 0.3) is 0 Å². The molecule has 0 saturated carbocycles. The predicted molar refractivity (Wildman–Crippen MR) is 92.4 cm³/mol. The van der Waals surface area contributed by atoms with Crippen LogP contribution in [0.4, 0.5) is 5.82 Å². The Bertz CT molecular complexity index is 861. The first-order chi connectivity index (χ1) is 11.2. The first kappa shape index (κ1) is 14.1. The third-order valence-electron chi connectivity index (χ3n) is 4.22. The van der Waals surface area contributed by atoms with Gasteiger partial charge in [0.2, 0.25) is 5.91 Å². The van der Waals surface area contributed by atoms with Gasteiger partial charge in [-0.2, -0.15) is 0 Å². The van der Waals surface area contributed by atoms with Crippen molar-refractivity contribution in [1.29, 1.82) is 0 Å². The van der Waals surface area contributed by atoms with Crippen molar-refractivity contribution >= 4 is 33.3 Å². The quantitative estimate of drug-likeness (QED) is 0.804. The highest BCUT2D eigenvalue weighted by Crippen LogP contribution is 2.37. The van der Waals surface area contributed by atoms with Crippen LogP contribution in [-0.4, -0.2) is 28.5 Å². The van der Waals surface area contributed by atoms with Crippen LogP contribution in [0.15, 0.2) is 42.7 Å². The van der Waals surface area contributed by atoms with Gasteiger partial charge in [-0.25, -0.2) is 9.97 Å². The number of amides is 1. The lowest BCUT2D eigenvalue weighted by molar-refractivity contribution is -0.119. The SMILES string of the molecule is NC(=O)C1CCCN1c1ncnc2sc(-c3ccccc3)cc12. The molecule has 1 aliphatic rings. The van der Waals surface area contributed by atoms with E-state index in [0.717, 1.165) is 45.9 Å². The molecule has 1 saturated heterocycles. The molecule has 6 heteroatoms. The number of carbonyl (C=O) groups excluding carboxylic acids is 1. The lowest BCUT2D eigenvalue weighted by Crippen LogP contribution is -2.40. The maximum atomic E-state index is 11.7. The Morgan fingerprint density at radius 3 is 2.87 bits per heavy atom. The normalized spacial score (nSPS) is 17.7. The summed E-state index contributed by atoms with van der Waals surface area (Å²) in [6.07, 6.45) is 3.31. The second-order valence-corrected chi connectivity index (χ2v) is 6.68. The molecule has 0 spiro atoms. The third-order valence-corrected chi connectivity index (χ3v) is 5.31. The summed E-state index contributed by atoms with van der Waals surface area (Å²) < 4.78 is 0. The minimum atomic E-state index is -0.284. The van der Waals surface area contributed by atoms with Crippen LogP contribution in [-0.2, 0) is 4.79 Å². The molecule has 3 aromatic rings. The highest BCUT2D eigenvalue weighted by molar-refractivity contribution is 7.21. The van der Waals surface area contributed by atoms with Crippen molar-refractivity contribution in [2.45, 2.75) is 18.9 Å². The zero-order valence-corrected chi connectivity index (χ0v) is 13.3. The monoisotopic (exact) mass is 324 g/mol. The van der Waals surface area contributed by atoms with Crippen molar-refractivity contribution in [2.24, 2.45) is 5.73 Å². The second-order valence-electron chi connectivity index (χ2n) is 5.65. The van der Waals surface area contributed by atoms with E-state index in [4.69, 9.17) is 5.73 Å². The molecule has 0 aliphatic carbocycles. The van der Waals surface area contributed by atoms with Crippen LogP contribution >= 0.6 is 11.3 Å². The van der Waals surface area contributed by atoms with Gasteiger partial charge in [0.05, 0.1) is 5.39 Å². The number of nitrogens with zero attached hydrogens (tertiary/aromatic N) is 3. The van der Waals surface area contributed by atoms with E-state index >= 15 is 0 Å². The van der Waals surface area contributed by atoms with Crippen LogP contribution in [0.1, 0.15) is 12.8 Å². The Kier molecular flexibility index (Phi) is 3.46. The smallest absolute Gasteiger partial charge is 0.240 e. The van der Waals surface area contributed by atoms with Crippen LogP contribution in [0, 0.1) is 0 Å². The maximum absolute atomic E-state index is 11.7. The van der Waals surface area contributed by atoms with Crippen molar-refractivity contribution < 1.29 is 4.79 Å². The third kappa shape index (κ3) is 2.45. The Labute approximate surface area is 137 Å². The molecule has 116 valence electrons. The molecule has 3 heterocycles. The van der Waals surface area contributed by atoms with Gasteiger partial charge in [-0.1, -0.05) is 30.3 Å². The van der Waals surface area contributed by atoms with Crippen LogP contribution in [0.5, 0.6) is 0 Å². The summed E-state index contributed by atoms with van der Waals surface area (Å²) in [5, 5.41) is 0.990. The first-order valence-corrected chi connectivity index (χ1v) is 8.41. The number of primary amides is 1. The average Bonchev–Trinajstić information content (AvgIpc) is 3.22. The van der Waals surface area contributed by atoms with Crippen molar-refractivity contribution in [3.63, 3.8) is 0 Å². The summed E-state index contributed by atoms with van der Waals surface area (Å²) in [7, 11) is 0. The molecule has 5 nitrogen and oxygen atoms in total. The van der Waals surface area contributed by atoms with Crippen molar-refractivity contribution in [1.82, 2.24) is 9.97 Å². The Morgan fingerprint density at radius 1 is 1.26 bits per heavy atom. The summed E-state index contributed by atoms with van der Waals surface area (Å²) in [6.45, 7) is 0.802. The molecular formula is C17H16N4OS. The average molecular weight is 324 g/mol. The number of benzene rings is 1. The fourth-order valence-electron chi connectivity index (χ4n) is 3.13. The number of nitrogens with two attached hydrogens (primary N) is 1. The number of rotatable bonds is 3. The Balaban J connectivity index is 1.82. The summed E-state index contributed by atoms with van der Waals surface area (Å²) >= 11 is 1.64. The molecule has 2 aromatic heterocycles. The number of thiophene rings is 1. The van der Waals surface area contributed by atoms with Crippen molar-refractivity contribution in [3.05, 3.63) is 42.7 Å². The number of hydrogen-bond acceptors (Lipinski definition) is 5. The minimum Gasteiger partial charge on any atom is -0.368 e. The Hall–Kier alpha value is -2.47. The van der Waals surface area contributed by atoms with Crippen LogP contribution < -0.4 is 10.6 Å². The van der Waals surface area contributed by atoms with E-state index in [1.165, 1.54) is 0 Å². The molecule has 23 heavy (non-hydrogen) atoms. The molecule has 1 unspecified atom stereocenters. The molecule has 4 rings (SSSR count). The minimum absolute atomic E-state index is 0.270. The predicted octanol–water partition coefficient (Wildman–Crippen LogP) is 2.81. The van der Waals surface area contributed by atoms with E-state index in [2.05, 4.69) is 28.2 Å². The topological polar surface area (TPSA) is 72.1 Å². The molecule has 0 radical (unpaired) electrons. The maximum Gasteiger partial charge on any atom is 0.240 e. The molecule has 1 atom stereocenters. The molecule has 2 N–H and O–H groups in total. The van der Waals surface area contributed by atoms with Gasteiger partial charge in [-0.05, 0) is 24.5 Å². The molecule has 0 bridgehead atoms. The molecular weight excluding hydrogens is 308 g/mol. The highest BCUT2D eigenvalue weighted by Gasteiger charge is 2.31. The Morgan fingerprint density at radius 2 is 2.09 bits per heavy atom. The lowest BCUT2D eigenvalue weighted by Gasteiger charge is -2.23. The fourth-order valence-corrected chi connectivity index (χ4v) is 4.13. The first-order valence-electron chi connectivity index (χ1n) is 7.60. The summed E-state index contributed by atoms with van der Waals surface area (Å²) in [4.78, 5) is 24.6. The standard InChI is InChI=1S/C17H16N4OS/c18-15(22)13-7-4-8-21(13)16-12-9-14(11-5-2-1-3-6-11)23-17(12)20-10-19-16/h1-3,5-6,9-10,13H,4,7-8H2,(H2,18,22). The second kappa shape index (κ2) is 5.62. The zero-order valence-electron chi connectivity index (χ0n) is 12.5. The number of aromatic nitrogens is 2. The molecule has 1 aliphatic heterocycles. The molecule has 1 aromatic carbocycles. The largest absolute Gasteiger partial charge is 0.368 e. The van der Waals surface area contributed by atoms with E-state index in [1.807, 2.05) is 23.1 Å². The van der Waals surface area contributed by atoms with Gasteiger partial charge >= 0.3 is 0 Å². The van der Waals surface area contributed by atoms with Gasteiger partial charge in [0.1, 0.15) is 23.0 Å². The van der Waals surface area contributed by atoms with Crippen LogP contribution in [0.3, 0.4) is 0 Å². The van der Waals surface area contributed by atoms with Crippen LogP contribution in [0.25, 0.3) is 20.7 Å². The number of fused-ring (bicyclic) bond motifs is 1. The van der Waals surface area contributed by atoms with Gasteiger partial charge in [-0.15, -0.1) is 11.3 Å². The van der Waals surface area contributed by atoms with E-state index in [-0.39, 0.29) is 11.9 Å². The summed E-state index contributed by atoms with van der Waals surface area (Å²) in [6, 6.07) is 12.1. The molecule has 1 fully saturated rings. The highest BCUT2D eigenvalue weighted by atomic mass is 32.1. The summed E-state index contributed by atoms with van der Waals surface area (Å²) in [5.74, 6) is 0.530. The number of anilines is 1. The van der Waals surface area contributed by atoms with Gasteiger partial charge in [0.15, 0.2) is 0 Å². The van der Waals surface area contributed by atoms with E-state index in [1.54, 1.807) is 17.7 Å². The van der Waals surface area contributed by atoms with Gasteiger partial charge in [0, 0.05) is 11.4 Å². The fraction of sp³-hybridized carbons (Fsp3) is 0.235. The van der Waals surface area contributed by atoms with Gasteiger partial charge < -0.3 is 10.6 Å².